The van der Waals surface area contributed by atoms with Gasteiger partial charge < -0.3 is 29.2 Å². The molecule has 2 aromatic rings. The standard InChI is InChI=1S/C24H24O9S/c1-14(25)12-13-17(26)31-19-18(27)24(34-16-10-6-3-7-11-16)33-21(22(28)29)20(19)32-23(30)15-8-4-2-5-9-15/h2-11,18-21,24,27H,12-13H2,1H3,(H,28,29)/t18-,19-,20+,21+,24?/m1/s1. The lowest BCUT2D eigenvalue weighted by Gasteiger charge is -2.41. The first kappa shape index (κ1) is 25.4. The predicted octanol–water partition coefficient (Wildman–Crippen LogP) is 2.46. The van der Waals surface area contributed by atoms with Crippen molar-refractivity contribution in [3.05, 3.63) is 66.2 Å². The minimum Gasteiger partial charge on any atom is -0.479 e. The minimum atomic E-state index is -1.72. The molecule has 1 saturated heterocycles. The number of thioether (sulfide) groups is 1. The summed E-state index contributed by atoms with van der Waals surface area (Å²) in [5.74, 6) is -3.40. The molecule has 0 aliphatic carbocycles. The van der Waals surface area contributed by atoms with Crippen LogP contribution in [0.5, 0.6) is 0 Å². The molecule has 1 fully saturated rings. The van der Waals surface area contributed by atoms with Gasteiger partial charge in [0.1, 0.15) is 17.3 Å². The van der Waals surface area contributed by atoms with Crippen LogP contribution in [0.25, 0.3) is 0 Å². The van der Waals surface area contributed by atoms with Gasteiger partial charge in [-0.25, -0.2) is 9.59 Å². The molecule has 0 aromatic heterocycles. The van der Waals surface area contributed by atoms with E-state index in [1.54, 1.807) is 48.5 Å². The number of hydrogen-bond acceptors (Lipinski definition) is 9. The molecule has 1 heterocycles. The van der Waals surface area contributed by atoms with Gasteiger partial charge in [0, 0.05) is 11.3 Å². The molecular weight excluding hydrogens is 464 g/mol. The normalized spacial score (nSPS) is 24.1. The number of aliphatic hydroxyl groups is 1. The van der Waals surface area contributed by atoms with Crippen LogP contribution in [0.3, 0.4) is 0 Å². The highest BCUT2D eigenvalue weighted by molar-refractivity contribution is 7.99. The van der Waals surface area contributed by atoms with Gasteiger partial charge in [-0.3, -0.25) is 4.79 Å². The fourth-order valence-electron chi connectivity index (χ4n) is 3.27. The number of ketones is 1. The number of ether oxygens (including phenoxy) is 3. The third-order valence-corrected chi connectivity index (χ3v) is 6.13. The fraction of sp³-hybridized carbons (Fsp3) is 0.333. The van der Waals surface area contributed by atoms with Crippen molar-refractivity contribution >= 4 is 35.5 Å². The van der Waals surface area contributed by atoms with Gasteiger partial charge >= 0.3 is 17.9 Å². The smallest absolute Gasteiger partial charge is 0.338 e. The Morgan fingerprint density at radius 3 is 2.12 bits per heavy atom. The van der Waals surface area contributed by atoms with Crippen molar-refractivity contribution in [3.63, 3.8) is 0 Å². The van der Waals surface area contributed by atoms with Crippen LogP contribution in [0.15, 0.2) is 65.6 Å². The molecule has 2 aromatic carbocycles. The highest BCUT2D eigenvalue weighted by Crippen LogP contribution is 2.36. The molecule has 2 N–H and O–H groups in total. The van der Waals surface area contributed by atoms with Gasteiger partial charge in [-0.05, 0) is 31.2 Å². The SMILES string of the molecule is CC(=O)CCC(=O)O[C@H]1[C@H](OC(=O)c2ccccc2)[C@@H](C(=O)O)OC(Sc2ccccc2)[C@@H]1O. The van der Waals surface area contributed by atoms with E-state index in [1.807, 2.05) is 0 Å². The third kappa shape index (κ3) is 6.66. The Balaban J connectivity index is 1.88. The van der Waals surface area contributed by atoms with E-state index < -0.39 is 47.8 Å². The summed E-state index contributed by atoms with van der Waals surface area (Å²) in [6, 6.07) is 16.6. The summed E-state index contributed by atoms with van der Waals surface area (Å²) in [5, 5.41) is 20.8. The minimum absolute atomic E-state index is 0.0861. The molecule has 10 heteroatoms. The van der Waals surface area contributed by atoms with Crippen molar-refractivity contribution in [2.75, 3.05) is 0 Å². The van der Waals surface area contributed by atoms with Gasteiger partial charge in [0.25, 0.3) is 0 Å². The van der Waals surface area contributed by atoms with Gasteiger partial charge in [0.15, 0.2) is 18.3 Å². The highest BCUT2D eigenvalue weighted by atomic mass is 32.2. The van der Waals surface area contributed by atoms with Crippen LogP contribution in [0.4, 0.5) is 0 Å². The zero-order valence-corrected chi connectivity index (χ0v) is 19.1. The zero-order chi connectivity index (χ0) is 24.7. The number of carboxylic acids is 1. The summed E-state index contributed by atoms with van der Waals surface area (Å²) >= 11 is 1.04. The van der Waals surface area contributed by atoms with Crippen molar-refractivity contribution in [1.82, 2.24) is 0 Å². The Hall–Kier alpha value is -3.21. The Morgan fingerprint density at radius 2 is 1.53 bits per heavy atom. The van der Waals surface area contributed by atoms with Crippen LogP contribution in [-0.2, 0) is 28.6 Å². The number of aliphatic carboxylic acids is 1. The van der Waals surface area contributed by atoms with Crippen molar-refractivity contribution in [2.24, 2.45) is 0 Å². The van der Waals surface area contributed by atoms with Crippen LogP contribution in [0.2, 0.25) is 0 Å². The average molecular weight is 489 g/mol. The van der Waals surface area contributed by atoms with Crippen LogP contribution in [-0.4, -0.2) is 63.8 Å². The molecule has 1 aliphatic rings. The molecule has 0 saturated carbocycles. The maximum Gasteiger partial charge on any atom is 0.338 e. The molecule has 0 bridgehead atoms. The van der Waals surface area contributed by atoms with Crippen molar-refractivity contribution < 1.29 is 43.6 Å². The second kappa shape index (κ2) is 11.8. The van der Waals surface area contributed by atoms with E-state index in [0.29, 0.717) is 4.90 Å². The number of hydrogen-bond donors (Lipinski definition) is 2. The lowest BCUT2D eigenvalue weighted by atomic mass is 9.99. The summed E-state index contributed by atoms with van der Waals surface area (Å²) in [5.41, 5.74) is -0.996. The van der Waals surface area contributed by atoms with Crippen LogP contribution >= 0.6 is 11.8 Å². The van der Waals surface area contributed by atoms with Crippen LogP contribution in [0, 0.1) is 0 Å². The van der Waals surface area contributed by atoms with Crippen molar-refractivity contribution in [2.45, 2.75) is 54.5 Å². The Labute approximate surface area is 200 Å². The number of benzene rings is 2. The maximum atomic E-state index is 12.7. The number of rotatable bonds is 9. The molecule has 1 unspecified atom stereocenters. The monoisotopic (exact) mass is 488 g/mol. The van der Waals surface area contributed by atoms with E-state index >= 15 is 0 Å². The number of carbonyl (C=O) groups excluding carboxylic acids is 3. The largest absolute Gasteiger partial charge is 0.479 e. The molecule has 5 atom stereocenters. The van der Waals surface area contributed by atoms with Gasteiger partial charge in [0.05, 0.1) is 12.0 Å². The number of carbonyl (C=O) groups is 4. The molecule has 180 valence electrons. The summed E-state index contributed by atoms with van der Waals surface area (Å²) in [6.45, 7) is 1.31. The molecule has 0 radical (unpaired) electrons. The van der Waals surface area contributed by atoms with E-state index in [1.165, 1.54) is 19.1 Å². The van der Waals surface area contributed by atoms with Crippen LogP contribution in [0.1, 0.15) is 30.1 Å². The fourth-order valence-corrected chi connectivity index (χ4v) is 4.33. The number of esters is 2. The first-order valence-corrected chi connectivity index (χ1v) is 11.4. The van der Waals surface area contributed by atoms with E-state index in [0.717, 1.165) is 11.8 Å². The number of Topliss-reactive ketones (excluding diaryl/α,β-unsaturated/α-hetero) is 1. The molecule has 0 spiro atoms. The molecular formula is C24H24O9S. The second-order valence-electron chi connectivity index (χ2n) is 7.58. The molecule has 9 nitrogen and oxygen atoms in total. The van der Waals surface area contributed by atoms with Gasteiger partial charge in [-0.2, -0.15) is 0 Å². The van der Waals surface area contributed by atoms with E-state index in [4.69, 9.17) is 14.2 Å². The number of carboxylic acid groups (broad SMARTS) is 1. The quantitative estimate of drug-likeness (QED) is 0.507. The highest BCUT2D eigenvalue weighted by Gasteiger charge is 2.52. The molecule has 0 amide bonds. The summed E-state index contributed by atoms with van der Waals surface area (Å²) in [4.78, 5) is 49.0. The van der Waals surface area contributed by atoms with Gasteiger partial charge in [-0.15, -0.1) is 0 Å². The first-order valence-electron chi connectivity index (χ1n) is 10.5. The maximum absolute atomic E-state index is 12.7. The van der Waals surface area contributed by atoms with Gasteiger partial charge in [-0.1, -0.05) is 48.2 Å². The van der Waals surface area contributed by atoms with Crippen LogP contribution < -0.4 is 0 Å². The lowest BCUT2D eigenvalue weighted by molar-refractivity contribution is -0.221. The Morgan fingerprint density at radius 1 is 0.912 bits per heavy atom. The summed E-state index contributed by atoms with van der Waals surface area (Å²) < 4.78 is 16.4. The summed E-state index contributed by atoms with van der Waals surface area (Å²) in [6.07, 6.45) is -6.78. The van der Waals surface area contributed by atoms with E-state index in [-0.39, 0.29) is 24.2 Å². The first-order chi connectivity index (χ1) is 16.3. The lowest BCUT2D eigenvalue weighted by Crippen LogP contribution is -2.61. The molecule has 3 rings (SSSR count). The Kier molecular flexibility index (Phi) is 8.80. The summed E-state index contributed by atoms with van der Waals surface area (Å²) in [7, 11) is 0. The second-order valence-corrected chi connectivity index (χ2v) is 8.75. The Bertz CT molecular complexity index is 1010. The van der Waals surface area contributed by atoms with Crippen molar-refractivity contribution in [3.8, 4) is 0 Å². The zero-order valence-electron chi connectivity index (χ0n) is 18.2. The van der Waals surface area contributed by atoms with Crippen molar-refractivity contribution in [1.29, 1.82) is 0 Å². The average Bonchev–Trinajstić information content (AvgIpc) is 2.82. The molecule has 34 heavy (non-hydrogen) atoms. The predicted molar refractivity (Wildman–Crippen MR) is 120 cm³/mol. The third-order valence-electron chi connectivity index (χ3n) is 4.96. The van der Waals surface area contributed by atoms with E-state index in [9.17, 15) is 29.4 Å². The topological polar surface area (TPSA) is 136 Å². The van der Waals surface area contributed by atoms with Gasteiger partial charge in [0.2, 0.25) is 0 Å². The van der Waals surface area contributed by atoms with E-state index in [2.05, 4.69) is 0 Å². The molecule has 1 aliphatic heterocycles. The number of aliphatic hydroxyl groups excluding tert-OH is 1.